The van der Waals surface area contributed by atoms with Crippen molar-refractivity contribution < 1.29 is 14.3 Å². The van der Waals surface area contributed by atoms with E-state index < -0.39 is 5.60 Å². The molecule has 7 heteroatoms. The fourth-order valence-electron chi connectivity index (χ4n) is 2.49. The number of amidine groups is 1. The maximum Gasteiger partial charge on any atom is 0.410 e. The van der Waals surface area contributed by atoms with Crippen LogP contribution >= 0.6 is 0 Å². The van der Waals surface area contributed by atoms with E-state index in [1.807, 2.05) is 27.7 Å². The van der Waals surface area contributed by atoms with Crippen molar-refractivity contribution >= 4 is 17.8 Å². The molecule has 0 radical (unpaired) electrons. The number of allylic oxidation sites excluding steroid dienone is 1. The van der Waals surface area contributed by atoms with Gasteiger partial charge in [0.2, 0.25) is 5.91 Å². The van der Waals surface area contributed by atoms with Gasteiger partial charge in [-0.3, -0.25) is 9.69 Å². The van der Waals surface area contributed by atoms with Gasteiger partial charge in [-0.25, -0.2) is 9.79 Å². The third kappa shape index (κ3) is 9.06. The Bertz CT molecular complexity index is 614. The molecule has 0 saturated heterocycles. The van der Waals surface area contributed by atoms with Crippen LogP contribution in [-0.2, 0) is 9.53 Å². The fraction of sp³-hybridized carbons (Fsp3) is 0.667. The average Bonchev–Trinajstić information content (AvgIpc) is 2.57. The second-order valence-electron chi connectivity index (χ2n) is 8.04. The van der Waals surface area contributed by atoms with Gasteiger partial charge in [-0.05, 0) is 47.0 Å². The Morgan fingerprint density at radius 1 is 1.25 bits per heavy atom. The lowest BCUT2D eigenvalue weighted by Gasteiger charge is -2.29. The van der Waals surface area contributed by atoms with Crippen molar-refractivity contribution in [3.05, 3.63) is 24.0 Å². The van der Waals surface area contributed by atoms with Gasteiger partial charge < -0.3 is 15.4 Å². The minimum Gasteiger partial charge on any atom is -0.444 e. The van der Waals surface area contributed by atoms with E-state index in [0.717, 1.165) is 18.4 Å². The van der Waals surface area contributed by atoms with Crippen LogP contribution in [0.4, 0.5) is 4.79 Å². The van der Waals surface area contributed by atoms with E-state index in [1.165, 1.54) is 13.1 Å². The van der Waals surface area contributed by atoms with Gasteiger partial charge in [-0.15, -0.1) is 0 Å². The molecule has 28 heavy (non-hydrogen) atoms. The Morgan fingerprint density at radius 3 is 2.21 bits per heavy atom. The fourth-order valence-corrected chi connectivity index (χ4v) is 2.49. The first kappa shape index (κ1) is 25.7. The van der Waals surface area contributed by atoms with E-state index in [4.69, 9.17) is 10.5 Å². The first-order valence-corrected chi connectivity index (χ1v) is 9.68. The van der Waals surface area contributed by atoms with Gasteiger partial charge in [-0.1, -0.05) is 19.9 Å². The van der Waals surface area contributed by atoms with Crippen LogP contribution in [0.15, 0.2) is 29.0 Å². The maximum atomic E-state index is 12.3. The normalized spacial score (nSPS) is 14.1. The highest BCUT2D eigenvalue weighted by molar-refractivity contribution is 6.07. The van der Waals surface area contributed by atoms with E-state index in [2.05, 4.69) is 18.5 Å². The molecule has 1 atom stereocenters. The Balaban J connectivity index is 5.24. The molecule has 0 saturated carbocycles. The van der Waals surface area contributed by atoms with Crippen LogP contribution in [0.1, 0.15) is 61.3 Å². The topological polar surface area (TPSA) is 88.2 Å². The molecule has 0 aromatic rings. The Labute approximate surface area is 170 Å². The van der Waals surface area contributed by atoms with Crippen LogP contribution in [0.5, 0.6) is 0 Å². The molecule has 160 valence electrons. The lowest BCUT2D eigenvalue weighted by Crippen LogP contribution is -2.41. The highest BCUT2D eigenvalue weighted by atomic mass is 16.6. The number of hydrogen-bond donors (Lipinski definition) is 1. The van der Waals surface area contributed by atoms with Gasteiger partial charge in [0.05, 0.1) is 0 Å². The number of carbonyl (C=O) groups excluding carboxylic acids is 2. The molecule has 0 aromatic carbocycles. The lowest BCUT2D eigenvalue weighted by atomic mass is 10.0. The molecule has 0 bridgehead atoms. The molecule has 0 rings (SSSR count). The van der Waals surface area contributed by atoms with Gasteiger partial charge in [0, 0.05) is 44.5 Å². The number of hydrogen-bond acceptors (Lipinski definition) is 5. The number of rotatable bonds is 8. The largest absolute Gasteiger partial charge is 0.444 e. The summed E-state index contributed by atoms with van der Waals surface area (Å²) in [6, 6.07) is 0. The summed E-state index contributed by atoms with van der Waals surface area (Å²) in [5.41, 5.74) is 6.74. The Morgan fingerprint density at radius 2 is 1.82 bits per heavy atom. The maximum absolute atomic E-state index is 12.3. The standard InChI is InChI=1S/C21H38N4O3/c1-10-18(12-13-24(9)20(27)28-21(6,7)8)14-25(17(5)26)19(23-11-2)15(3)16(4)22/h11,18H,2,10,12-14,22H2,1,3-9H3/b16-15+,23-19?. The summed E-state index contributed by atoms with van der Waals surface area (Å²) in [5, 5.41) is 0. The second kappa shape index (κ2) is 11.5. The number of aliphatic imine (C=N–C) groups is 1. The number of amides is 2. The Hall–Kier alpha value is -2.31. The van der Waals surface area contributed by atoms with E-state index in [0.29, 0.717) is 24.6 Å². The van der Waals surface area contributed by atoms with E-state index in [1.54, 1.807) is 23.8 Å². The van der Waals surface area contributed by atoms with Crippen molar-refractivity contribution in [3.8, 4) is 0 Å². The minimum atomic E-state index is -0.527. The molecule has 1 unspecified atom stereocenters. The van der Waals surface area contributed by atoms with Crippen LogP contribution < -0.4 is 5.73 Å². The Kier molecular flexibility index (Phi) is 10.6. The smallest absolute Gasteiger partial charge is 0.410 e. The van der Waals surface area contributed by atoms with Gasteiger partial charge in [0.25, 0.3) is 0 Å². The zero-order valence-corrected chi connectivity index (χ0v) is 18.8. The van der Waals surface area contributed by atoms with Gasteiger partial charge in [0.15, 0.2) is 0 Å². The van der Waals surface area contributed by atoms with E-state index in [-0.39, 0.29) is 17.9 Å². The van der Waals surface area contributed by atoms with E-state index >= 15 is 0 Å². The molecule has 7 nitrogen and oxygen atoms in total. The van der Waals surface area contributed by atoms with Crippen molar-refractivity contribution in [2.24, 2.45) is 16.6 Å². The SMILES string of the molecule is C=CN=C(/C(C)=C(\C)N)N(CC(CC)CCN(C)C(=O)OC(C)(C)C)C(C)=O. The van der Waals surface area contributed by atoms with Crippen molar-refractivity contribution in [2.75, 3.05) is 20.1 Å². The first-order chi connectivity index (χ1) is 12.8. The van der Waals surface area contributed by atoms with Crippen LogP contribution in [0.3, 0.4) is 0 Å². The molecule has 0 aliphatic heterocycles. The third-order valence-electron chi connectivity index (χ3n) is 4.37. The first-order valence-electron chi connectivity index (χ1n) is 9.68. The molecule has 2 N–H and O–H groups in total. The average molecular weight is 395 g/mol. The summed E-state index contributed by atoms with van der Waals surface area (Å²) < 4.78 is 5.39. The molecular formula is C21H38N4O3. The predicted molar refractivity (Wildman–Crippen MR) is 115 cm³/mol. The molecular weight excluding hydrogens is 356 g/mol. The van der Waals surface area contributed by atoms with Gasteiger partial charge in [0.1, 0.15) is 11.4 Å². The summed E-state index contributed by atoms with van der Waals surface area (Å²) in [7, 11) is 1.72. The second-order valence-corrected chi connectivity index (χ2v) is 8.04. The number of nitrogens with two attached hydrogens (primary N) is 1. The molecule has 0 aliphatic carbocycles. The summed E-state index contributed by atoms with van der Waals surface area (Å²) >= 11 is 0. The third-order valence-corrected chi connectivity index (χ3v) is 4.37. The number of nitrogens with zero attached hydrogens (tertiary/aromatic N) is 3. The number of carbonyl (C=O) groups is 2. The van der Waals surface area contributed by atoms with Crippen LogP contribution in [0.25, 0.3) is 0 Å². The van der Waals surface area contributed by atoms with Crippen LogP contribution in [0.2, 0.25) is 0 Å². The molecule has 0 heterocycles. The zero-order valence-electron chi connectivity index (χ0n) is 18.8. The minimum absolute atomic E-state index is 0.111. The molecule has 0 spiro atoms. The highest BCUT2D eigenvalue weighted by Gasteiger charge is 2.24. The van der Waals surface area contributed by atoms with Crippen LogP contribution in [-0.4, -0.2) is 53.4 Å². The van der Waals surface area contributed by atoms with E-state index in [9.17, 15) is 9.59 Å². The lowest BCUT2D eigenvalue weighted by molar-refractivity contribution is -0.125. The molecule has 2 amide bonds. The summed E-state index contributed by atoms with van der Waals surface area (Å²) in [6.45, 7) is 17.4. The molecule has 0 aliphatic rings. The summed E-state index contributed by atoms with van der Waals surface area (Å²) in [4.78, 5) is 31.9. The summed E-state index contributed by atoms with van der Waals surface area (Å²) in [5.74, 6) is 0.594. The zero-order chi connectivity index (χ0) is 22.1. The van der Waals surface area contributed by atoms with Crippen molar-refractivity contribution in [3.63, 3.8) is 0 Å². The van der Waals surface area contributed by atoms with Crippen LogP contribution in [0, 0.1) is 5.92 Å². The highest BCUT2D eigenvalue weighted by Crippen LogP contribution is 2.17. The van der Waals surface area contributed by atoms with Crippen molar-refractivity contribution in [1.29, 1.82) is 0 Å². The predicted octanol–water partition coefficient (Wildman–Crippen LogP) is 3.91. The van der Waals surface area contributed by atoms with Gasteiger partial charge in [-0.2, -0.15) is 0 Å². The molecule has 0 aromatic heterocycles. The number of ether oxygens (including phenoxy) is 1. The quantitative estimate of drug-likeness (QED) is 0.499. The van der Waals surface area contributed by atoms with Crippen molar-refractivity contribution in [1.82, 2.24) is 9.80 Å². The summed E-state index contributed by atoms with van der Waals surface area (Å²) in [6.07, 6.45) is 2.66. The van der Waals surface area contributed by atoms with Gasteiger partial charge >= 0.3 is 6.09 Å². The monoisotopic (exact) mass is 394 g/mol. The van der Waals surface area contributed by atoms with Crippen molar-refractivity contribution in [2.45, 2.75) is 66.9 Å². The molecule has 0 fully saturated rings.